The van der Waals surface area contributed by atoms with E-state index in [1.54, 1.807) is 6.92 Å². The van der Waals surface area contributed by atoms with E-state index in [4.69, 9.17) is 9.47 Å². The van der Waals surface area contributed by atoms with Crippen molar-refractivity contribution in [3.63, 3.8) is 0 Å². The highest BCUT2D eigenvalue weighted by atomic mass is 16.5. The summed E-state index contributed by atoms with van der Waals surface area (Å²) in [5.41, 5.74) is 3.22. The standard InChI is InChI=1S/C26H30N2O6/c1-26(17-11-12-17,24(31)28(13-14-33-2)15-23(29)30)27-25(32)34-16-22-20-9-5-3-7-18(20)19-8-4-6-10-21(19)22/h3-10,17,22H,11-16H2,1-2H3,(H,27,32)(H,29,30). The number of hydrogen-bond acceptors (Lipinski definition) is 5. The molecule has 8 nitrogen and oxygen atoms in total. The molecule has 1 unspecified atom stereocenters. The fraction of sp³-hybridized carbons (Fsp3) is 0.423. The SMILES string of the molecule is COCCN(CC(=O)O)C(=O)C(C)(NC(=O)OCC1c2ccccc2-c2ccccc21)C1CC1. The van der Waals surface area contributed by atoms with Crippen LogP contribution < -0.4 is 5.32 Å². The molecule has 0 aliphatic heterocycles. The normalized spacial score (nSPS) is 16.2. The van der Waals surface area contributed by atoms with Crippen LogP contribution in [0.5, 0.6) is 0 Å². The smallest absolute Gasteiger partial charge is 0.408 e. The Balaban J connectivity index is 1.47. The van der Waals surface area contributed by atoms with E-state index in [0.29, 0.717) is 0 Å². The molecule has 2 aliphatic carbocycles. The minimum absolute atomic E-state index is 0.0701. The van der Waals surface area contributed by atoms with Gasteiger partial charge < -0.3 is 24.8 Å². The summed E-state index contributed by atoms with van der Waals surface area (Å²) in [6, 6.07) is 16.1. The number of rotatable bonds is 10. The summed E-state index contributed by atoms with van der Waals surface area (Å²) < 4.78 is 10.7. The lowest BCUT2D eigenvalue weighted by Crippen LogP contribution is -2.60. The van der Waals surface area contributed by atoms with E-state index in [9.17, 15) is 19.5 Å². The van der Waals surface area contributed by atoms with Crippen molar-refractivity contribution in [2.24, 2.45) is 5.92 Å². The van der Waals surface area contributed by atoms with Crippen molar-refractivity contribution in [1.82, 2.24) is 10.2 Å². The molecule has 1 atom stereocenters. The Labute approximate surface area is 198 Å². The third kappa shape index (κ3) is 4.77. The van der Waals surface area contributed by atoms with E-state index in [1.165, 1.54) is 12.0 Å². The second-order valence-corrected chi connectivity index (χ2v) is 9.04. The lowest BCUT2D eigenvalue weighted by atomic mass is 9.93. The van der Waals surface area contributed by atoms with Crippen LogP contribution >= 0.6 is 0 Å². The van der Waals surface area contributed by atoms with Gasteiger partial charge in [0, 0.05) is 19.6 Å². The zero-order valence-corrected chi connectivity index (χ0v) is 19.5. The lowest BCUT2D eigenvalue weighted by Gasteiger charge is -2.34. The van der Waals surface area contributed by atoms with Gasteiger partial charge in [-0.05, 0) is 47.9 Å². The van der Waals surface area contributed by atoms with Gasteiger partial charge in [0.15, 0.2) is 0 Å². The highest BCUT2D eigenvalue weighted by Gasteiger charge is 2.50. The average molecular weight is 467 g/mol. The molecule has 2 aliphatic rings. The van der Waals surface area contributed by atoms with Crippen LogP contribution in [0, 0.1) is 5.92 Å². The first-order valence-electron chi connectivity index (χ1n) is 11.5. The molecule has 0 spiro atoms. The highest BCUT2D eigenvalue weighted by Crippen LogP contribution is 2.45. The Morgan fingerprint density at radius 1 is 1.06 bits per heavy atom. The first-order chi connectivity index (χ1) is 16.3. The summed E-state index contributed by atoms with van der Waals surface area (Å²) in [6.45, 7) is 1.64. The number of carboxylic acids is 1. The molecular formula is C26H30N2O6. The quantitative estimate of drug-likeness (QED) is 0.557. The Morgan fingerprint density at radius 2 is 1.65 bits per heavy atom. The molecule has 2 N–H and O–H groups in total. The maximum absolute atomic E-state index is 13.3. The van der Waals surface area contributed by atoms with Crippen LogP contribution in [-0.2, 0) is 19.1 Å². The van der Waals surface area contributed by atoms with Gasteiger partial charge in [0.25, 0.3) is 0 Å². The maximum atomic E-state index is 13.3. The van der Waals surface area contributed by atoms with Gasteiger partial charge >= 0.3 is 12.1 Å². The highest BCUT2D eigenvalue weighted by molar-refractivity contribution is 5.92. The number of aliphatic carboxylic acids is 1. The summed E-state index contributed by atoms with van der Waals surface area (Å²) in [7, 11) is 1.48. The van der Waals surface area contributed by atoms with Gasteiger partial charge in [-0.25, -0.2) is 4.79 Å². The largest absolute Gasteiger partial charge is 0.480 e. The number of fused-ring (bicyclic) bond motifs is 3. The van der Waals surface area contributed by atoms with Gasteiger partial charge in [0.1, 0.15) is 18.7 Å². The van der Waals surface area contributed by atoms with Crippen LogP contribution in [0.3, 0.4) is 0 Å². The first kappa shape index (κ1) is 23.8. The topological polar surface area (TPSA) is 105 Å². The minimum atomic E-state index is -1.24. The number of methoxy groups -OCH3 is 1. The Morgan fingerprint density at radius 3 is 2.18 bits per heavy atom. The van der Waals surface area contributed by atoms with Gasteiger partial charge in [-0.15, -0.1) is 0 Å². The second-order valence-electron chi connectivity index (χ2n) is 9.04. The predicted molar refractivity (Wildman–Crippen MR) is 125 cm³/mol. The lowest BCUT2D eigenvalue weighted by molar-refractivity contribution is -0.148. The fourth-order valence-electron chi connectivity index (χ4n) is 4.78. The molecule has 0 saturated heterocycles. The number of hydrogen-bond donors (Lipinski definition) is 2. The zero-order valence-electron chi connectivity index (χ0n) is 19.5. The number of nitrogens with one attached hydrogen (secondary N) is 1. The third-order valence-corrected chi connectivity index (χ3v) is 6.72. The molecule has 34 heavy (non-hydrogen) atoms. The average Bonchev–Trinajstić information content (AvgIpc) is 3.63. The summed E-state index contributed by atoms with van der Waals surface area (Å²) in [5, 5.41) is 12.0. The van der Waals surface area contributed by atoms with E-state index in [-0.39, 0.29) is 31.6 Å². The third-order valence-electron chi connectivity index (χ3n) is 6.72. The zero-order chi connectivity index (χ0) is 24.3. The molecule has 4 rings (SSSR count). The predicted octanol–water partition coefficient (Wildman–Crippen LogP) is 3.25. The molecule has 8 heteroatoms. The van der Waals surface area contributed by atoms with Gasteiger partial charge in [0.05, 0.1) is 6.61 Å². The van der Waals surface area contributed by atoms with Gasteiger partial charge in [-0.1, -0.05) is 48.5 Å². The van der Waals surface area contributed by atoms with Crippen molar-refractivity contribution in [2.75, 3.05) is 33.4 Å². The van der Waals surface area contributed by atoms with E-state index < -0.39 is 30.1 Å². The fourth-order valence-corrected chi connectivity index (χ4v) is 4.78. The van der Waals surface area contributed by atoms with Crippen LogP contribution in [0.1, 0.15) is 36.8 Å². The Kier molecular flexibility index (Phi) is 6.88. The van der Waals surface area contributed by atoms with E-state index in [0.717, 1.165) is 35.1 Å². The molecular weight excluding hydrogens is 436 g/mol. The summed E-state index contributed by atoms with van der Waals surface area (Å²) >= 11 is 0. The van der Waals surface area contributed by atoms with Gasteiger partial charge in [-0.2, -0.15) is 0 Å². The monoisotopic (exact) mass is 466 g/mol. The second kappa shape index (κ2) is 9.85. The minimum Gasteiger partial charge on any atom is -0.480 e. The molecule has 0 aromatic heterocycles. The molecule has 0 radical (unpaired) electrons. The molecule has 2 amide bonds. The number of benzene rings is 2. The van der Waals surface area contributed by atoms with E-state index in [1.807, 2.05) is 36.4 Å². The van der Waals surface area contributed by atoms with Crippen molar-refractivity contribution in [2.45, 2.75) is 31.2 Å². The maximum Gasteiger partial charge on any atom is 0.408 e. The molecule has 0 heterocycles. The number of nitrogens with zero attached hydrogens (tertiary/aromatic N) is 1. The number of carbonyl (C=O) groups excluding carboxylic acids is 2. The van der Waals surface area contributed by atoms with E-state index >= 15 is 0 Å². The first-order valence-corrected chi connectivity index (χ1v) is 11.5. The molecule has 0 bridgehead atoms. The molecule has 2 aromatic carbocycles. The van der Waals surface area contributed by atoms with Crippen LogP contribution in [0.25, 0.3) is 11.1 Å². The van der Waals surface area contributed by atoms with Crippen LogP contribution in [-0.4, -0.2) is 66.9 Å². The van der Waals surface area contributed by atoms with Crippen molar-refractivity contribution in [1.29, 1.82) is 0 Å². The van der Waals surface area contributed by atoms with Gasteiger partial charge in [-0.3, -0.25) is 9.59 Å². The Bertz CT molecular complexity index is 1040. The molecule has 1 fully saturated rings. The van der Waals surface area contributed by atoms with Crippen LogP contribution in [0.15, 0.2) is 48.5 Å². The molecule has 180 valence electrons. The summed E-state index contributed by atoms with van der Waals surface area (Å²) in [5.74, 6) is -1.72. The van der Waals surface area contributed by atoms with Crippen molar-refractivity contribution in [3.8, 4) is 11.1 Å². The van der Waals surface area contributed by atoms with Gasteiger partial charge in [0.2, 0.25) is 5.91 Å². The van der Waals surface area contributed by atoms with Crippen LogP contribution in [0.2, 0.25) is 0 Å². The number of alkyl carbamates (subject to hydrolysis) is 1. The summed E-state index contributed by atoms with van der Waals surface area (Å²) in [4.78, 5) is 38.8. The Hall–Kier alpha value is -3.39. The van der Waals surface area contributed by atoms with Crippen molar-refractivity contribution >= 4 is 18.0 Å². The summed E-state index contributed by atoms with van der Waals surface area (Å²) in [6.07, 6.45) is 0.861. The van der Waals surface area contributed by atoms with Crippen molar-refractivity contribution < 1.29 is 29.0 Å². The number of carboxylic acid groups (broad SMARTS) is 1. The molecule has 2 aromatic rings. The van der Waals surface area contributed by atoms with Crippen molar-refractivity contribution in [3.05, 3.63) is 59.7 Å². The number of ether oxygens (including phenoxy) is 2. The number of carbonyl (C=O) groups is 3. The van der Waals surface area contributed by atoms with Crippen LogP contribution in [0.4, 0.5) is 4.79 Å². The molecule has 1 saturated carbocycles. The number of amides is 2. The van der Waals surface area contributed by atoms with E-state index in [2.05, 4.69) is 17.4 Å².